The van der Waals surface area contributed by atoms with Crippen LogP contribution in [0.25, 0.3) is 0 Å². The summed E-state index contributed by atoms with van der Waals surface area (Å²) in [6.07, 6.45) is 0. The molecule has 0 atom stereocenters. The van der Waals surface area contributed by atoms with E-state index in [1.54, 1.807) is 16.7 Å². The normalized spacial score (nSPS) is 20.3. The predicted octanol–water partition coefficient (Wildman–Crippen LogP) is 4.26. The molecule has 0 spiro atoms. The number of carbonyl (C=O) groups is 2. The van der Waals surface area contributed by atoms with Crippen molar-refractivity contribution >= 4 is 51.9 Å². The molecule has 2 amide bonds. The van der Waals surface area contributed by atoms with E-state index in [-0.39, 0.29) is 11.8 Å². The van der Waals surface area contributed by atoms with Gasteiger partial charge in [0.2, 0.25) is 5.91 Å². The number of rotatable bonds is 4. The van der Waals surface area contributed by atoms with Crippen LogP contribution in [0.15, 0.2) is 69.5 Å². The van der Waals surface area contributed by atoms with Crippen LogP contribution in [0.3, 0.4) is 0 Å². The number of aliphatic imine (C=N–C) groups is 1. The summed E-state index contributed by atoms with van der Waals surface area (Å²) < 4.78 is 0. The number of nitrogens with zero attached hydrogens (tertiary/aromatic N) is 3. The Morgan fingerprint density at radius 2 is 1.87 bits per heavy atom. The van der Waals surface area contributed by atoms with Gasteiger partial charge in [0.05, 0.1) is 17.3 Å². The van der Waals surface area contributed by atoms with Crippen LogP contribution >= 0.6 is 23.5 Å². The minimum Gasteiger partial charge on any atom is -0.368 e. The van der Waals surface area contributed by atoms with Crippen molar-refractivity contribution in [2.75, 3.05) is 24.7 Å². The van der Waals surface area contributed by atoms with Gasteiger partial charge in [-0.2, -0.15) is 0 Å². The summed E-state index contributed by atoms with van der Waals surface area (Å²) >= 11 is 3.15. The molecule has 2 aliphatic heterocycles. The van der Waals surface area contributed by atoms with Gasteiger partial charge in [-0.25, -0.2) is 4.99 Å². The molecular weight excluding hydrogens is 416 g/mol. The van der Waals surface area contributed by atoms with E-state index < -0.39 is 0 Å². The number of anilines is 1. The van der Waals surface area contributed by atoms with Crippen LogP contribution in [-0.2, 0) is 16.1 Å². The van der Waals surface area contributed by atoms with Gasteiger partial charge in [0.25, 0.3) is 5.91 Å². The lowest BCUT2D eigenvalue weighted by Gasteiger charge is -2.16. The molecule has 2 aromatic rings. The summed E-state index contributed by atoms with van der Waals surface area (Å²) in [7, 11) is 2.02. The van der Waals surface area contributed by atoms with Crippen LogP contribution < -0.4 is 5.32 Å². The summed E-state index contributed by atoms with van der Waals surface area (Å²) in [6, 6.07) is 17.2. The van der Waals surface area contributed by atoms with Gasteiger partial charge in [0.15, 0.2) is 5.17 Å². The SMILES string of the molecule is CC(=O)Nc1ccc(N=C2S/C(=C3\SCCN3C)C(=O)N2Cc2ccccc2)cc1. The summed E-state index contributed by atoms with van der Waals surface area (Å²) in [6.45, 7) is 2.89. The maximum absolute atomic E-state index is 13.3. The molecule has 1 N–H and O–H groups in total. The van der Waals surface area contributed by atoms with E-state index >= 15 is 0 Å². The van der Waals surface area contributed by atoms with Crippen LogP contribution in [0.2, 0.25) is 0 Å². The predicted molar refractivity (Wildman–Crippen MR) is 125 cm³/mol. The Kier molecular flexibility index (Phi) is 6.15. The average Bonchev–Trinajstić information content (AvgIpc) is 3.28. The molecule has 0 aliphatic carbocycles. The van der Waals surface area contributed by atoms with E-state index in [4.69, 9.17) is 4.99 Å². The van der Waals surface area contributed by atoms with Crippen molar-refractivity contribution in [3.63, 3.8) is 0 Å². The molecule has 8 heteroatoms. The molecule has 6 nitrogen and oxygen atoms in total. The largest absolute Gasteiger partial charge is 0.368 e. The van der Waals surface area contributed by atoms with Crippen LogP contribution in [-0.4, -0.2) is 46.1 Å². The topological polar surface area (TPSA) is 65.0 Å². The molecule has 0 saturated carbocycles. The first kappa shape index (κ1) is 20.6. The molecule has 0 aromatic heterocycles. The summed E-state index contributed by atoms with van der Waals surface area (Å²) in [5, 5.41) is 4.44. The fourth-order valence-corrected chi connectivity index (χ4v) is 5.61. The molecule has 0 bridgehead atoms. The third kappa shape index (κ3) is 4.55. The third-order valence-electron chi connectivity index (χ3n) is 4.67. The van der Waals surface area contributed by atoms with Crippen molar-refractivity contribution in [1.29, 1.82) is 0 Å². The molecule has 30 heavy (non-hydrogen) atoms. The Morgan fingerprint density at radius 1 is 1.13 bits per heavy atom. The quantitative estimate of drug-likeness (QED) is 0.723. The first-order valence-corrected chi connectivity index (χ1v) is 11.4. The van der Waals surface area contributed by atoms with Crippen LogP contribution in [0.4, 0.5) is 11.4 Å². The Bertz CT molecular complexity index is 1020. The zero-order valence-corrected chi connectivity index (χ0v) is 18.4. The van der Waals surface area contributed by atoms with E-state index in [1.165, 1.54) is 18.7 Å². The van der Waals surface area contributed by atoms with Crippen molar-refractivity contribution < 1.29 is 9.59 Å². The lowest BCUT2D eigenvalue weighted by Crippen LogP contribution is -2.29. The van der Waals surface area contributed by atoms with E-state index in [0.717, 1.165) is 39.2 Å². The fraction of sp³-hybridized carbons (Fsp3) is 0.227. The Labute approximate surface area is 184 Å². The van der Waals surface area contributed by atoms with Gasteiger partial charge in [0.1, 0.15) is 4.91 Å². The van der Waals surface area contributed by atoms with Crippen LogP contribution in [0.5, 0.6) is 0 Å². The number of hydrogen-bond donors (Lipinski definition) is 1. The van der Waals surface area contributed by atoms with E-state index in [2.05, 4.69) is 10.2 Å². The smallest absolute Gasteiger partial charge is 0.269 e. The lowest BCUT2D eigenvalue weighted by atomic mass is 10.2. The highest BCUT2D eigenvalue weighted by Crippen LogP contribution is 2.41. The lowest BCUT2D eigenvalue weighted by molar-refractivity contribution is -0.122. The summed E-state index contributed by atoms with van der Waals surface area (Å²) in [5.41, 5.74) is 2.50. The third-order valence-corrected chi connectivity index (χ3v) is 7.04. The molecule has 2 aliphatic rings. The standard InChI is InChI=1S/C22H22N4O2S2/c1-15(27)23-17-8-10-18(11-9-17)24-22-26(14-16-6-4-3-5-7-16)20(28)19(30-22)21-25(2)12-13-29-21/h3-11H,12-14H2,1-2H3,(H,23,27)/b21-19-,24-22?. The highest BCUT2D eigenvalue weighted by atomic mass is 32.2. The van der Waals surface area contributed by atoms with Crippen molar-refractivity contribution in [3.05, 3.63) is 70.1 Å². The number of amidine groups is 1. The summed E-state index contributed by atoms with van der Waals surface area (Å²) in [4.78, 5) is 33.9. The first-order chi connectivity index (χ1) is 14.5. The van der Waals surface area contributed by atoms with E-state index in [1.807, 2.05) is 61.6 Å². The Balaban J connectivity index is 1.66. The number of nitrogens with one attached hydrogen (secondary N) is 1. The molecule has 2 aromatic carbocycles. The van der Waals surface area contributed by atoms with Gasteiger partial charge >= 0.3 is 0 Å². The molecular formula is C22H22N4O2S2. The minimum atomic E-state index is -0.116. The number of thioether (sulfide) groups is 2. The fourth-order valence-electron chi connectivity index (χ4n) is 3.19. The van der Waals surface area contributed by atoms with Gasteiger partial charge < -0.3 is 10.2 Å². The maximum Gasteiger partial charge on any atom is 0.269 e. The van der Waals surface area contributed by atoms with Crippen molar-refractivity contribution in [2.45, 2.75) is 13.5 Å². The number of benzene rings is 2. The molecule has 0 radical (unpaired) electrons. The second-order valence-corrected chi connectivity index (χ2v) is 9.07. The second-order valence-electron chi connectivity index (χ2n) is 7.01. The van der Waals surface area contributed by atoms with Gasteiger partial charge in [-0.15, -0.1) is 11.8 Å². The van der Waals surface area contributed by atoms with E-state index in [9.17, 15) is 9.59 Å². The van der Waals surface area contributed by atoms with Crippen LogP contribution in [0, 0.1) is 0 Å². The van der Waals surface area contributed by atoms with Gasteiger partial charge in [-0.1, -0.05) is 30.3 Å². The Hall–Kier alpha value is -2.71. The molecule has 4 rings (SSSR count). The van der Waals surface area contributed by atoms with Crippen molar-refractivity contribution in [3.8, 4) is 0 Å². The van der Waals surface area contributed by atoms with Crippen molar-refractivity contribution in [1.82, 2.24) is 9.80 Å². The minimum absolute atomic E-state index is 0.00582. The van der Waals surface area contributed by atoms with Gasteiger partial charge in [0, 0.05) is 32.0 Å². The monoisotopic (exact) mass is 438 g/mol. The zero-order valence-electron chi connectivity index (χ0n) is 16.8. The highest BCUT2D eigenvalue weighted by Gasteiger charge is 2.37. The van der Waals surface area contributed by atoms with Crippen LogP contribution in [0.1, 0.15) is 12.5 Å². The molecule has 154 valence electrons. The maximum atomic E-state index is 13.3. The van der Waals surface area contributed by atoms with E-state index in [0.29, 0.717) is 11.7 Å². The molecule has 0 unspecified atom stereocenters. The van der Waals surface area contributed by atoms with Crippen molar-refractivity contribution in [2.24, 2.45) is 4.99 Å². The van der Waals surface area contributed by atoms with Gasteiger partial charge in [-0.3, -0.25) is 14.5 Å². The number of hydrogen-bond acceptors (Lipinski definition) is 6. The molecule has 2 heterocycles. The average molecular weight is 439 g/mol. The number of carbonyl (C=O) groups excluding carboxylic acids is 2. The second kappa shape index (κ2) is 8.97. The zero-order chi connectivity index (χ0) is 21.1. The Morgan fingerprint density at radius 3 is 2.50 bits per heavy atom. The highest BCUT2D eigenvalue weighted by molar-refractivity contribution is 8.19. The molecule has 2 fully saturated rings. The van der Waals surface area contributed by atoms with Gasteiger partial charge in [-0.05, 0) is 41.6 Å². The number of amides is 2. The first-order valence-electron chi connectivity index (χ1n) is 9.59. The summed E-state index contributed by atoms with van der Waals surface area (Å²) in [5.74, 6) is 0.863. The molecule has 2 saturated heterocycles.